The van der Waals surface area contributed by atoms with Gasteiger partial charge in [-0.15, -0.1) is 0 Å². The maximum atomic E-state index is 5.25. The van der Waals surface area contributed by atoms with Crippen LogP contribution in [0.25, 0.3) is 6.08 Å². The molecule has 0 spiro atoms. The third-order valence-electron chi connectivity index (χ3n) is 1.39. The molecule has 0 fully saturated rings. The predicted molar refractivity (Wildman–Crippen MR) is 50.5 cm³/mol. The fourth-order valence-corrected chi connectivity index (χ4v) is 0.827. The molecule has 0 radical (unpaired) electrons. The van der Waals surface area contributed by atoms with Crippen molar-refractivity contribution in [2.45, 2.75) is 0 Å². The van der Waals surface area contributed by atoms with Gasteiger partial charge < -0.3 is 10.5 Å². The molecule has 0 saturated carbocycles. The monoisotopic (exact) mass is 163 g/mol. The fourth-order valence-electron chi connectivity index (χ4n) is 0.827. The lowest BCUT2D eigenvalue weighted by atomic mass is 10.2. The van der Waals surface area contributed by atoms with Crippen LogP contribution >= 0.6 is 0 Å². The second-order valence-electron chi connectivity index (χ2n) is 2.37. The topological polar surface area (TPSA) is 35.2 Å². The minimum atomic E-state index is 0.555. The van der Waals surface area contributed by atoms with Gasteiger partial charge in [0, 0.05) is 6.54 Å². The van der Waals surface area contributed by atoms with Crippen molar-refractivity contribution in [2.75, 3.05) is 13.2 Å². The normalized spacial score (nSPS) is 10.4. The molecule has 0 heterocycles. The van der Waals surface area contributed by atoms with E-state index >= 15 is 0 Å². The molecule has 1 aromatic carbocycles. The number of hydrogen-bond acceptors (Lipinski definition) is 2. The van der Waals surface area contributed by atoms with Gasteiger partial charge in [0.1, 0.15) is 0 Å². The van der Waals surface area contributed by atoms with E-state index in [4.69, 9.17) is 10.5 Å². The van der Waals surface area contributed by atoms with Crippen LogP contribution in [0.5, 0.6) is 0 Å². The molecule has 0 unspecified atom stereocenters. The van der Waals surface area contributed by atoms with Crippen LogP contribution < -0.4 is 5.73 Å². The molecule has 1 rings (SSSR count). The first-order chi connectivity index (χ1) is 5.93. The third kappa shape index (κ3) is 3.21. The van der Waals surface area contributed by atoms with Crippen molar-refractivity contribution in [2.24, 2.45) is 5.73 Å². The van der Waals surface area contributed by atoms with E-state index in [0.717, 1.165) is 5.56 Å². The largest absolute Gasteiger partial charge is 0.500 e. The van der Waals surface area contributed by atoms with Gasteiger partial charge >= 0.3 is 0 Å². The second kappa shape index (κ2) is 5.38. The zero-order valence-corrected chi connectivity index (χ0v) is 6.94. The van der Waals surface area contributed by atoms with Crippen LogP contribution in [0.2, 0.25) is 0 Å². The van der Waals surface area contributed by atoms with Gasteiger partial charge in [-0.05, 0) is 11.6 Å². The summed E-state index contributed by atoms with van der Waals surface area (Å²) in [5.41, 5.74) is 6.38. The molecule has 2 N–H and O–H groups in total. The summed E-state index contributed by atoms with van der Waals surface area (Å²) in [4.78, 5) is 0. The Morgan fingerprint density at radius 3 is 2.67 bits per heavy atom. The first kappa shape index (κ1) is 8.81. The average Bonchev–Trinajstić information content (AvgIpc) is 2.14. The van der Waals surface area contributed by atoms with Crippen LogP contribution in [0.15, 0.2) is 36.6 Å². The van der Waals surface area contributed by atoms with Crippen molar-refractivity contribution in [1.29, 1.82) is 0 Å². The Hall–Kier alpha value is -1.28. The summed E-state index contributed by atoms with van der Waals surface area (Å²) in [6, 6.07) is 9.99. The first-order valence-electron chi connectivity index (χ1n) is 3.97. The standard InChI is InChI=1S/C10H13NO/c11-7-9-12-8-6-10-4-2-1-3-5-10/h1-6,8H,7,9,11H2/b8-6-. The smallest absolute Gasteiger partial charge is 0.0995 e. The van der Waals surface area contributed by atoms with Gasteiger partial charge in [0.2, 0.25) is 0 Å². The quantitative estimate of drug-likeness (QED) is 0.541. The maximum absolute atomic E-state index is 5.25. The Bertz CT molecular complexity index is 231. The summed E-state index contributed by atoms with van der Waals surface area (Å²) >= 11 is 0. The van der Waals surface area contributed by atoms with Gasteiger partial charge in [-0.3, -0.25) is 0 Å². The second-order valence-corrected chi connectivity index (χ2v) is 2.37. The fraction of sp³-hybridized carbons (Fsp3) is 0.200. The SMILES string of the molecule is NCCO/C=C\c1ccccc1. The van der Waals surface area contributed by atoms with E-state index in [9.17, 15) is 0 Å². The molecule has 2 heteroatoms. The number of nitrogens with two attached hydrogens (primary N) is 1. The zero-order valence-electron chi connectivity index (χ0n) is 6.94. The van der Waals surface area contributed by atoms with E-state index < -0.39 is 0 Å². The highest BCUT2D eigenvalue weighted by atomic mass is 16.5. The van der Waals surface area contributed by atoms with Crippen molar-refractivity contribution in [1.82, 2.24) is 0 Å². The Kier molecular flexibility index (Phi) is 3.95. The first-order valence-corrected chi connectivity index (χ1v) is 3.97. The van der Waals surface area contributed by atoms with E-state index in [2.05, 4.69) is 0 Å². The minimum Gasteiger partial charge on any atom is -0.500 e. The molecule has 64 valence electrons. The van der Waals surface area contributed by atoms with E-state index in [1.54, 1.807) is 6.26 Å². The lowest BCUT2D eigenvalue weighted by Crippen LogP contribution is -2.04. The van der Waals surface area contributed by atoms with Crippen LogP contribution in [0.3, 0.4) is 0 Å². The van der Waals surface area contributed by atoms with Gasteiger partial charge in [-0.2, -0.15) is 0 Å². The number of ether oxygens (including phenoxy) is 1. The predicted octanol–water partition coefficient (Wildman–Crippen LogP) is 1.63. The van der Waals surface area contributed by atoms with Crippen LogP contribution in [-0.4, -0.2) is 13.2 Å². The molecule has 1 aromatic rings. The summed E-state index contributed by atoms with van der Waals surface area (Å²) in [6.07, 6.45) is 3.58. The summed E-state index contributed by atoms with van der Waals surface area (Å²) < 4.78 is 5.08. The third-order valence-corrected chi connectivity index (χ3v) is 1.39. The molecule has 12 heavy (non-hydrogen) atoms. The van der Waals surface area contributed by atoms with Crippen LogP contribution in [0.1, 0.15) is 5.56 Å². The molecule has 0 amide bonds. The Morgan fingerprint density at radius 2 is 2.00 bits per heavy atom. The minimum absolute atomic E-state index is 0.555. The van der Waals surface area contributed by atoms with E-state index in [1.807, 2.05) is 36.4 Å². The summed E-state index contributed by atoms with van der Waals surface area (Å²) in [7, 11) is 0. The van der Waals surface area contributed by atoms with Crippen LogP contribution in [0.4, 0.5) is 0 Å². The van der Waals surface area contributed by atoms with Crippen LogP contribution in [-0.2, 0) is 4.74 Å². The molecule has 0 bridgehead atoms. The zero-order chi connectivity index (χ0) is 8.65. The van der Waals surface area contributed by atoms with Gasteiger partial charge in [0.05, 0.1) is 12.9 Å². The number of benzene rings is 1. The van der Waals surface area contributed by atoms with E-state index in [-0.39, 0.29) is 0 Å². The molecule has 0 aliphatic rings. The Labute approximate surface area is 72.7 Å². The molecular weight excluding hydrogens is 150 g/mol. The average molecular weight is 163 g/mol. The molecule has 0 aliphatic heterocycles. The number of hydrogen-bond donors (Lipinski definition) is 1. The van der Waals surface area contributed by atoms with Gasteiger partial charge in [0.15, 0.2) is 0 Å². The van der Waals surface area contributed by atoms with Gasteiger partial charge in [-0.25, -0.2) is 0 Å². The molecule has 0 atom stereocenters. The van der Waals surface area contributed by atoms with Gasteiger partial charge in [0.25, 0.3) is 0 Å². The number of rotatable bonds is 4. The Morgan fingerprint density at radius 1 is 1.25 bits per heavy atom. The van der Waals surface area contributed by atoms with E-state index in [1.165, 1.54) is 0 Å². The summed E-state index contributed by atoms with van der Waals surface area (Å²) in [5.74, 6) is 0. The highest BCUT2D eigenvalue weighted by Crippen LogP contribution is 2.00. The van der Waals surface area contributed by atoms with Crippen LogP contribution in [0, 0.1) is 0 Å². The van der Waals surface area contributed by atoms with Crippen molar-refractivity contribution < 1.29 is 4.74 Å². The summed E-state index contributed by atoms with van der Waals surface area (Å²) in [5, 5.41) is 0. The Balaban J connectivity index is 2.36. The van der Waals surface area contributed by atoms with Crippen molar-refractivity contribution >= 4 is 6.08 Å². The van der Waals surface area contributed by atoms with Crippen molar-refractivity contribution in [3.05, 3.63) is 42.2 Å². The summed E-state index contributed by atoms with van der Waals surface area (Å²) in [6.45, 7) is 1.13. The highest BCUT2D eigenvalue weighted by molar-refractivity contribution is 5.47. The molecule has 0 aliphatic carbocycles. The van der Waals surface area contributed by atoms with Gasteiger partial charge in [-0.1, -0.05) is 30.3 Å². The van der Waals surface area contributed by atoms with E-state index in [0.29, 0.717) is 13.2 Å². The molecular formula is C10H13NO. The highest BCUT2D eigenvalue weighted by Gasteiger charge is 1.81. The molecule has 2 nitrogen and oxygen atoms in total. The lowest BCUT2D eigenvalue weighted by Gasteiger charge is -1.95. The maximum Gasteiger partial charge on any atom is 0.0995 e. The lowest BCUT2D eigenvalue weighted by molar-refractivity contribution is 0.262. The molecule has 0 aromatic heterocycles. The van der Waals surface area contributed by atoms with Crippen molar-refractivity contribution in [3.63, 3.8) is 0 Å². The molecule has 0 saturated heterocycles. The van der Waals surface area contributed by atoms with Crippen molar-refractivity contribution in [3.8, 4) is 0 Å².